The standard InChI is InChI=1S/C24H22O/c25-24-14-11-18(21-12-9-16-5-1-3-7-19(16)21)15-23(24)22-13-10-17-6-2-4-8-20(17)22/h1-8,11,14-15,21-22,25H,9-10,12-13H2/t21-,22-/m1/s1. The molecule has 0 spiro atoms. The molecule has 3 aromatic rings. The topological polar surface area (TPSA) is 20.2 Å². The maximum Gasteiger partial charge on any atom is 0.119 e. The van der Waals surface area contributed by atoms with Crippen molar-refractivity contribution in [1.29, 1.82) is 0 Å². The van der Waals surface area contributed by atoms with E-state index in [9.17, 15) is 5.11 Å². The Bertz CT molecular complexity index is 940. The van der Waals surface area contributed by atoms with Crippen LogP contribution in [0.1, 0.15) is 58.1 Å². The molecule has 0 radical (unpaired) electrons. The number of rotatable bonds is 2. The Hall–Kier alpha value is -2.54. The number of hydrogen-bond acceptors (Lipinski definition) is 1. The number of hydrogen-bond donors (Lipinski definition) is 1. The van der Waals surface area contributed by atoms with Gasteiger partial charge in [0, 0.05) is 17.4 Å². The summed E-state index contributed by atoms with van der Waals surface area (Å²) in [5, 5.41) is 10.6. The maximum atomic E-state index is 10.6. The Morgan fingerprint density at radius 2 is 1.24 bits per heavy atom. The molecule has 0 bridgehead atoms. The number of benzene rings is 3. The molecule has 2 aliphatic rings. The molecule has 0 fully saturated rings. The van der Waals surface area contributed by atoms with E-state index < -0.39 is 0 Å². The van der Waals surface area contributed by atoms with Crippen molar-refractivity contribution in [1.82, 2.24) is 0 Å². The van der Waals surface area contributed by atoms with Crippen LogP contribution in [0.4, 0.5) is 0 Å². The molecule has 3 aromatic carbocycles. The minimum Gasteiger partial charge on any atom is -0.508 e. The van der Waals surface area contributed by atoms with Crippen molar-refractivity contribution >= 4 is 0 Å². The van der Waals surface area contributed by atoms with Crippen LogP contribution < -0.4 is 0 Å². The zero-order valence-corrected chi connectivity index (χ0v) is 14.3. The van der Waals surface area contributed by atoms with Gasteiger partial charge in [-0.3, -0.25) is 0 Å². The normalized spacial score (nSPS) is 21.1. The first-order chi connectivity index (χ1) is 12.3. The Morgan fingerprint density at radius 3 is 1.96 bits per heavy atom. The number of aromatic hydroxyl groups is 1. The number of aryl methyl sites for hydroxylation is 2. The van der Waals surface area contributed by atoms with Gasteiger partial charge in [0.05, 0.1) is 0 Å². The molecule has 0 amide bonds. The van der Waals surface area contributed by atoms with Gasteiger partial charge in [-0.1, -0.05) is 60.7 Å². The number of phenols is 1. The monoisotopic (exact) mass is 326 g/mol. The third-order valence-electron chi connectivity index (χ3n) is 6.10. The second-order valence-corrected chi connectivity index (χ2v) is 7.40. The van der Waals surface area contributed by atoms with Crippen LogP contribution in [0.25, 0.3) is 0 Å². The fourth-order valence-electron chi connectivity index (χ4n) is 4.85. The van der Waals surface area contributed by atoms with Crippen molar-refractivity contribution < 1.29 is 5.11 Å². The summed E-state index contributed by atoms with van der Waals surface area (Å²) in [6, 6.07) is 23.8. The zero-order chi connectivity index (χ0) is 16.8. The Morgan fingerprint density at radius 1 is 0.640 bits per heavy atom. The van der Waals surface area contributed by atoms with Gasteiger partial charge in [0.15, 0.2) is 0 Å². The fraction of sp³-hybridized carbons (Fsp3) is 0.250. The molecular weight excluding hydrogens is 304 g/mol. The Kier molecular flexibility index (Phi) is 3.41. The predicted molar refractivity (Wildman–Crippen MR) is 101 cm³/mol. The second kappa shape index (κ2) is 5.77. The highest BCUT2D eigenvalue weighted by Crippen LogP contribution is 2.44. The first-order valence-electron chi connectivity index (χ1n) is 9.29. The van der Waals surface area contributed by atoms with Gasteiger partial charge in [-0.15, -0.1) is 0 Å². The van der Waals surface area contributed by atoms with Gasteiger partial charge in [-0.2, -0.15) is 0 Å². The average molecular weight is 326 g/mol. The van der Waals surface area contributed by atoms with Crippen LogP contribution in [0.5, 0.6) is 5.75 Å². The van der Waals surface area contributed by atoms with E-state index in [-0.39, 0.29) is 0 Å². The summed E-state index contributed by atoms with van der Waals surface area (Å²) in [5.41, 5.74) is 8.22. The lowest BCUT2D eigenvalue weighted by Gasteiger charge is -2.18. The summed E-state index contributed by atoms with van der Waals surface area (Å²) in [6.45, 7) is 0. The van der Waals surface area contributed by atoms with Crippen LogP contribution in [-0.4, -0.2) is 5.11 Å². The first kappa shape index (κ1) is 14.8. The molecule has 0 aromatic heterocycles. The molecule has 0 saturated heterocycles. The smallest absolute Gasteiger partial charge is 0.119 e. The fourth-order valence-corrected chi connectivity index (χ4v) is 4.85. The van der Waals surface area contributed by atoms with E-state index >= 15 is 0 Å². The van der Waals surface area contributed by atoms with E-state index in [0.29, 0.717) is 17.6 Å². The van der Waals surface area contributed by atoms with Crippen molar-refractivity contribution in [3.8, 4) is 5.75 Å². The van der Waals surface area contributed by atoms with E-state index in [1.807, 2.05) is 6.07 Å². The zero-order valence-electron chi connectivity index (χ0n) is 14.3. The number of phenolic OH excluding ortho intramolecular Hbond substituents is 1. The van der Waals surface area contributed by atoms with Gasteiger partial charge >= 0.3 is 0 Å². The predicted octanol–water partition coefficient (Wildman–Crippen LogP) is 5.55. The summed E-state index contributed by atoms with van der Waals surface area (Å²) in [5.74, 6) is 1.23. The van der Waals surface area contributed by atoms with Crippen molar-refractivity contribution in [2.75, 3.05) is 0 Å². The van der Waals surface area contributed by atoms with Crippen molar-refractivity contribution in [3.05, 3.63) is 100 Å². The van der Waals surface area contributed by atoms with E-state index in [4.69, 9.17) is 0 Å². The van der Waals surface area contributed by atoms with Crippen LogP contribution in [0, 0.1) is 0 Å². The summed E-state index contributed by atoms with van der Waals surface area (Å²) in [7, 11) is 0. The molecule has 0 saturated carbocycles. The molecule has 1 N–H and O–H groups in total. The summed E-state index contributed by atoms with van der Waals surface area (Å²) in [4.78, 5) is 0. The van der Waals surface area contributed by atoms with Gasteiger partial charge < -0.3 is 5.11 Å². The Labute approximate surface area is 149 Å². The highest BCUT2D eigenvalue weighted by Gasteiger charge is 2.28. The highest BCUT2D eigenvalue weighted by molar-refractivity contribution is 5.51. The molecule has 2 aliphatic carbocycles. The minimum absolute atomic E-state index is 0.327. The second-order valence-electron chi connectivity index (χ2n) is 7.40. The summed E-state index contributed by atoms with van der Waals surface area (Å²) in [6.07, 6.45) is 4.53. The summed E-state index contributed by atoms with van der Waals surface area (Å²) < 4.78 is 0. The SMILES string of the molecule is Oc1ccc([C@H]2CCc3ccccc32)cc1[C@@H]1CCc2ccccc21. The molecule has 1 heteroatoms. The van der Waals surface area contributed by atoms with Crippen LogP contribution >= 0.6 is 0 Å². The van der Waals surface area contributed by atoms with Gasteiger partial charge in [0.1, 0.15) is 5.75 Å². The minimum atomic E-state index is 0.327. The van der Waals surface area contributed by atoms with Crippen LogP contribution in [-0.2, 0) is 12.8 Å². The lowest BCUT2D eigenvalue weighted by atomic mass is 9.86. The third-order valence-corrected chi connectivity index (χ3v) is 6.10. The quantitative estimate of drug-likeness (QED) is 0.655. The van der Waals surface area contributed by atoms with E-state index in [2.05, 4.69) is 60.7 Å². The van der Waals surface area contributed by atoms with E-state index in [1.165, 1.54) is 34.2 Å². The number of fused-ring (bicyclic) bond motifs is 2. The third kappa shape index (κ3) is 2.38. The molecule has 25 heavy (non-hydrogen) atoms. The maximum absolute atomic E-state index is 10.6. The molecule has 5 rings (SSSR count). The largest absolute Gasteiger partial charge is 0.508 e. The molecular formula is C24H22O. The molecule has 0 unspecified atom stereocenters. The highest BCUT2D eigenvalue weighted by atomic mass is 16.3. The summed E-state index contributed by atoms with van der Waals surface area (Å²) >= 11 is 0. The molecule has 0 heterocycles. The van der Waals surface area contributed by atoms with Crippen molar-refractivity contribution in [2.45, 2.75) is 37.5 Å². The van der Waals surface area contributed by atoms with Crippen LogP contribution in [0.3, 0.4) is 0 Å². The van der Waals surface area contributed by atoms with Gasteiger partial charge in [0.2, 0.25) is 0 Å². The van der Waals surface area contributed by atoms with Gasteiger partial charge in [0.25, 0.3) is 0 Å². The molecule has 2 atom stereocenters. The van der Waals surface area contributed by atoms with E-state index in [0.717, 1.165) is 24.8 Å². The Balaban J connectivity index is 1.57. The molecule has 0 aliphatic heterocycles. The van der Waals surface area contributed by atoms with Crippen molar-refractivity contribution in [3.63, 3.8) is 0 Å². The average Bonchev–Trinajstić information content (AvgIpc) is 3.26. The first-order valence-corrected chi connectivity index (χ1v) is 9.29. The van der Waals surface area contributed by atoms with Gasteiger partial charge in [-0.25, -0.2) is 0 Å². The molecule has 1 nitrogen and oxygen atoms in total. The lowest BCUT2D eigenvalue weighted by molar-refractivity contribution is 0.464. The van der Waals surface area contributed by atoms with Crippen molar-refractivity contribution in [2.24, 2.45) is 0 Å². The lowest BCUT2D eigenvalue weighted by Crippen LogP contribution is -2.01. The van der Waals surface area contributed by atoms with Crippen LogP contribution in [0.15, 0.2) is 66.7 Å². The van der Waals surface area contributed by atoms with Crippen LogP contribution in [0.2, 0.25) is 0 Å². The molecule has 124 valence electrons. The van der Waals surface area contributed by atoms with Gasteiger partial charge in [-0.05, 0) is 59.6 Å². The van der Waals surface area contributed by atoms with E-state index in [1.54, 1.807) is 0 Å².